The van der Waals surface area contributed by atoms with Crippen LogP contribution in [0.2, 0.25) is 0 Å². The van der Waals surface area contributed by atoms with Gasteiger partial charge in [-0.3, -0.25) is 0 Å². The molecule has 2 aromatic rings. The van der Waals surface area contributed by atoms with Crippen molar-refractivity contribution in [3.05, 3.63) is 55.9 Å². The number of halogens is 2. The third-order valence-electron chi connectivity index (χ3n) is 2.44. The maximum absolute atomic E-state index is 13.2. The average molecular weight is 315 g/mol. The fourth-order valence-electron chi connectivity index (χ4n) is 1.69. The highest BCUT2D eigenvalue weighted by Crippen LogP contribution is 2.26. The number of rotatable bonds is 3. The van der Waals surface area contributed by atoms with Crippen molar-refractivity contribution in [1.29, 1.82) is 0 Å². The average Bonchev–Trinajstić information content (AvgIpc) is 2.63. The number of aliphatic hydroxyl groups is 1. The molecule has 0 aliphatic heterocycles. The largest absolute Gasteiger partial charge is 0.387 e. The molecule has 1 unspecified atom stereocenters. The molecule has 1 N–H and O–H groups in total. The van der Waals surface area contributed by atoms with Gasteiger partial charge in [0.1, 0.15) is 5.82 Å². The molecule has 0 fully saturated rings. The summed E-state index contributed by atoms with van der Waals surface area (Å²) in [5, 5.41) is 10.0. The first-order valence-electron chi connectivity index (χ1n) is 5.24. The second kappa shape index (κ2) is 5.29. The van der Waals surface area contributed by atoms with Gasteiger partial charge in [-0.2, -0.15) is 0 Å². The van der Waals surface area contributed by atoms with Gasteiger partial charge in [-0.05, 0) is 42.8 Å². The van der Waals surface area contributed by atoms with Gasteiger partial charge in [0, 0.05) is 20.6 Å². The maximum atomic E-state index is 13.2. The van der Waals surface area contributed by atoms with Crippen LogP contribution in [0.4, 0.5) is 4.39 Å². The van der Waals surface area contributed by atoms with Crippen LogP contribution in [0.25, 0.3) is 0 Å². The standard InChI is InChI=1S/C13H12BrFOS/c1-8-2-3-13(17-8)12(16)6-9-4-10(14)7-11(15)5-9/h2-5,7,12,16H,6H2,1H3. The predicted molar refractivity (Wildman–Crippen MR) is 71.8 cm³/mol. The molecule has 0 saturated carbocycles. The van der Waals surface area contributed by atoms with E-state index in [1.165, 1.54) is 17.0 Å². The Morgan fingerprint density at radius 1 is 1.35 bits per heavy atom. The minimum Gasteiger partial charge on any atom is -0.387 e. The highest BCUT2D eigenvalue weighted by atomic mass is 79.9. The summed E-state index contributed by atoms with van der Waals surface area (Å²) in [5.74, 6) is -0.288. The van der Waals surface area contributed by atoms with E-state index in [9.17, 15) is 9.50 Å². The summed E-state index contributed by atoms with van der Waals surface area (Å²) >= 11 is 4.81. The molecular formula is C13H12BrFOS. The Bertz CT molecular complexity index is 504. The first-order valence-corrected chi connectivity index (χ1v) is 6.85. The van der Waals surface area contributed by atoms with Crippen LogP contribution in [-0.2, 0) is 6.42 Å². The van der Waals surface area contributed by atoms with Crippen molar-refractivity contribution in [3.8, 4) is 0 Å². The molecule has 1 aromatic heterocycles. The molecule has 1 heterocycles. The van der Waals surface area contributed by atoms with Crippen molar-refractivity contribution in [2.45, 2.75) is 19.4 Å². The molecule has 1 nitrogen and oxygen atoms in total. The lowest BCUT2D eigenvalue weighted by molar-refractivity contribution is 0.182. The van der Waals surface area contributed by atoms with E-state index in [0.29, 0.717) is 10.9 Å². The smallest absolute Gasteiger partial charge is 0.124 e. The minimum atomic E-state index is -0.567. The van der Waals surface area contributed by atoms with E-state index >= 15 is 0 Å². The van der Waals surface area contributed by atoms with Gasteiger partial charge in [0.2, 0.25) is 0 Å². The summed E-state index contributed by atoms with van der Waals surface area (Å²) < 4.78 is 13.9. The minimum absolute atomic E-state index is 0.288. The Kier molecular flexibility index (Phi) is 3.97. The zero-order valence-electron chi connectivity index (χ0n) is 9.28. The first kappa shape index (κ1) is 12.7. The van der Waals surface area contributed by atoms with Crippen LogP contribution in [0.5, 0.6) is 0 Å². The second-order valence-corrected chi connectivity index (χ2v) is 6.18. The van der Waals surface area contributed by atoms with Crippen molar-refractivity contribution < 1.29 is 9.50 Å². The molecule has 4 heteroatoms. The summed E-state index contributed by atoms with van der Waals surface area (Å²) in [7, 11) is 0. The Hall–Kier alpha value is -0.710. The maximum Gasteiger partial charge on any atom is 0.124 e. The van der Waals surface area contributed by atoms with E-state index < -0.39 is 6.10 Å². The molecule has 0 aliphatic carbocycles. The van der Waals surface area contributed by atoms with Gasteiger partial charge in [0.05, 0.1) is 6.10 Å². The highest BCUT2D eigenvalue weighted by molar-refractivity contribution is 9.10. The summed E-state index contributed by atoms with van der Waals surface area (Å²) in [6.45, 7) is 2.00. The first-order chi connectivity index (χ1) is 8.04. The van der Waals surface area contributed by atoms with Crippen LogP contribution >= 0.6 is 27.3 Å². The lowest BCUT2D eigenvalue weighted by atomic mass is 10.1. The van der Waals surface area contributed by atoms with Gasteiger partial charge < -0.3 is 5.11 Å². The molecule has 1 atom stereocenters. The van der Waals surface area contributed by atoms with Crippen molar-refractivity contribution >= 4 is 27.3 Å². The number of thiophene rings is 1. The number of benzene rings is 1. The van der Waals surface area contributed by atoms with E-state index in [1.54, 1.807) is 11.3 Å². The fraction of sp³-hybridized carbons (Fsp3) is 0.231. The molecule has 2 rings (SSSR count). The van der Waals surface area contributed by atoms with Crippen LogP contribution in [0.1, 0.15) is 21.4 Å². The molecule has 0 amide bonds. The van der Waals surface area contributed by atoms with Crippen LogP contribution < -0.4 is 0 Å². The molecule has 0 radical (unpaired) electrons. The number of hydrogen-bond acceptors (Lipinski definition) is 2. The Labute approximate surface area is 112 Å². The van der Waals surface area contributed by atoms with E-state index in [1.807, 2.05) is 25.1 Å². The SMILES string of the molecule is Cc1ccc(C(O)Cc2cc(F)cc(Br)c2)s1. The van der Waals surface area contributed by atoms with Crippen LogP contribution in [0, 0.1) is 12.7 Å². The second-order valence-electron chi connectivity index (χ2n) is 3.95. The lowest BCUT2D eigenvalue weighted by Crippen LogP contribution is -2.00. The van der Waals surface area contributed by atoms with E-state index in [-0.39, 0.29) is 5.82 Å². The Morgan fingerprint density at radius 3 is 2.71 bits per heavy atom. The predicted octanol–water partition coefficient (Wildman–Crippen LogP) is 4.23. The molecule has 17 heavy (non-hydrogen) atoms. The Morgan fingerprint density at radius 2 is 2.12 bits per heavy atom. The van der Waals surface area contributed by atoms with Gasteiger partial charge in [-0.25, -0.2) is 4.39 Å². The molecule has 0 saturated heterocycles. The van der Waals surface area contributed by atoms with Crippen molar-refractivity contribution in [2.75, 3.05) is 0 Å². The van der Waals surface area contributed by atoms with E-state index in [0.717, 1.165) is 10.4 Å². The van der Waals surface area contributed by atoms with Crippen LogP contribution in [0.15, 0.2) is 34.8 Å². The summed E-state index contributed by atoms with van der Waals surface area (Å²) in [6, 6.07) is 8.58. The zero-order chi connectivity index (χ0) is 12.4. The van der Waals surface area contributed by atoms with Crippen LogP contribution in [0.3, 0.4) is 0 Å². The van der Waals surface area contributed by atoms with E-state index in [4.69, 9.17) is 0 Å². The number of aryl methyl sites for hydroxylation is 1. The molecule has 0 aliphatic rings. The van der Waals surface area contributed by atoms with Gasteiger partial charge >= 0.3 is 0 Å². The van der Waals surface area contributed by atoms with Gasteiger partial charge in [0.25, 0.3) is 0 Å². The highest BCUT2D eigenvalue weighted by Gasteiger charge is 2.11. The normalized spacial score (nSPS) is 12.7. The number of aliphatic hydroxyl groups excluding tert-OH is 1. The fourth-order valence-corrected chi connectivity index (χ4v) is 3.06. The summed E-state index contributed by atoms with van der Waals surface area (Å²) in [4.78, 5) is 2.09. The van der Waals surface area contributed by atoms with Crippen molar-refractivity contribution in [1.82, 2.24) is 0 Å². The third kappa shape index (κ3) is 3.37. The Balaban J connectivity index is 2.15. The molecule has 0 bridgehead atoms. The summed E-state index contributed by atoms with van der Waals surface area (Å²) in [5.41, 5.74) is 0.787. The summed E-state index contributed by atoms with van der Waals surface area (Å²) in [6.07, 6.45) is -0.140. The molecular weight excluding hydrogens is 303 g/mol. The lowest BCUT2D eigenvalue weighted by Gasteiger charge is -2.09. The topological polar surface area (TPSA) is 20.2 Å². The third-order valence-corrected chi connectivity index (χ3v) is 4.00. The molecule has 1 aromatic carbocycles. The van der Waals surface area contributed by atoms with Crippen LogP contribution in [-0.4, -0.2) is 5.11 Å². The van der Waals surface area contributed by atoms with Gasteiger partial charge in [-0.1, -0.05) is 15.9 Å². The monoisotopic (exact) mass is 314 g/mol. The molecule has 0 spiro atoms. The zero-order valence-corrected chi connectivity index (χ0v) is 11.7. The quantitative estimate of drug-likeness (QED) is 0.898. The number of hydrogen-bond donors (Lipinski definition) is 1. The van der Waals surface area contributed by atoms with Crippen molar-refractivity contribution in [2.24, 2.45) is 0 Å². The van der Waals surface area contributed by atoms with Crippen molar-refractivity contribution in [3.63, 3.8) is 0 Å². The van der Waals surface area contributed by atoms with Gasteiger partial charge in [-0.15, -0.1) is 11.3 Å². The van der Waals surface area contributed by atoms with E-state index in [2.05, 4.69) is 15.9 Å². The molecule has 90 valence electrons. The van der Waals surface area contributed by atoms with Gasteiger partial charge in [0.15, 0.2) is 0 Å².